The minimum atomic E-state index is -4.48. The molecule has 29 heavy (non-hydrogen) atoms. The zero-order chi connectivity index (χ0) is 21.3. The van der Waals surface area contributed by atoms with Gasteiger partial charge in [0.15, 0.2) is 5.56 Å². The Kier molecular flexibility index (Phi) is 5.02. The predicted octanol–water partition coefficient (Wildman–Crippen LogP) is 3.00. The fourth-order valence-corrected chi connectivity index (χ4v) is 2.66. The molecule has 0 fully saturated rings. The molecular formula is C19H12F3NO6. The van der Waals surface area contributed by atoms with Gasteiger partial charge in [-0.1, -0.05) is 18.2 Å². The molecule has 3 N–H and O–H groups in total. The van der Waals surface area contributed by atoms with Crippen molar-refractivity contribution >= 4 is 22.8 Å². The van der Waals surface area contributed by atoms with E-state index in [1.165, 1.54) is 30.3 Å². The van der Waals surface area contributed by atoms with E-state index < -0.39 is 47.1 Å². The van der Waals surface area contributed by atoms with Crippen LogP contribution >= 0.6 is 0 Å². The third kappa shape index (κ3) is 4.05. The summed E-state index contributed by atoms with van der Waals surface area (Å²) in [6, 6.07) is 8.40. The number of amides is 1. The van der Waals surface area contributed by atoms with Crippen LogP contribution in [-0.2, 0) is 11.0 Å². The molecule has 0 saturated heterocycles. The number of carbonyl (C=O) groups is 2. The van der Waals surface area contributed by atoms with Crippen LogP contribution in [0.25, 0.3) is 22.1 Å². The highest BCUT2D eigenvalue weighted by molar-refractivity contribution is 6.02. The summed E-state index contributed by atoms with van der Waals surface area (Å²) in [5.41, 5.74) is -2.04. The molecule has 1 amide bonds. The number of alkyl halides is 3. The number of nitrogens with one attached hydrogen (secondary N) is 1. The van der Waals surface area contributed by atoms with Crippen molar-refractivity contribution in [1.29, 1.82) is 0 Å². The van der Waals surface area contributed by atoms with Gasteiger partial charge in [0.05, 0.1) is 10.9 Å². The van der Waals surface area contributed by atoms with Gasteiger partial charge in [0, 0.05) is 0 Å². The van der Waals surface area contributed by atoms with Crippen molar-refractivity contribution in [3.05, 3.63) is 64.0 Å². The Labute approximate surface area is 160 Å². The van der Waals surface area contributed by atoms with E-state index in [-0.39, 0.29) is 11.0 Å². The maximum Gasteiger partial charge on any atom is 0.416 e. The van der Waals surface area contributed by atoms with Gasteiger partial charge in [-0.15, -0.1) is 0 Å². The molecule has 0 spiro atoms. The molecule has 0 unspecified atom stereocenters. The quantitative estimate of drug-likeness (QED) is 0.573. The Bertz CT molecular complexity index is 1170. The first kappa shape index (κ1) is 19.9. The first-order valence-electron chi connectivity index (χ1n) is 8.05. The van der Waals surface area contributed by atoms with Crippen molar-refractivity contribution in [2.24, 2.45) is 0 Å². The summed E-state index contributed by atoms with van der Waals surface area (Å²) in [5.74, 6) is -3.22. The summed E-state index contributed by atoms with van der Waals surface area (Å²) in [4.78, 5) is 34.6. The third-order valence-corrected chi connectivity index (χ3v) is 4.05. The predicted molar refractivity (Wildman–Crippen MR) is 94.6 cm³/mol. The Morgan fingerprint density at radius 2 is 1.66 bits per heavy atom. The average Bonchev–Trinajstić information content (AvgIpc) is 2.65. The Morgan fingerprint density at radius 1 is 1.03 bits per heavy atom. The Morgan fingerprint density at radius 3 is 2.24 bits per heavy atom. The smallest absolute Gasteiger partial charge is 0.416 e. The molecule has 0 aliphatic heterocycles. The number of carboxylic acid groups (broad SMARTS) is 1. The van der Waals surface area contributed by atoms with Crippen molar-refractivity contribution in [3.63, 3.8) is 0 Å². The number of carbonyl (C=O) groups excluding carboxylic acids is 1. The molecule has 2 aromatic carbocycles. The van der Waals surface area contributed by atoms with Crippen LogP contribution < -0.4 is 10.9 Å². The highest BCUT2D eigenvalue weighted by atomic mass is 19.4. The minimum absolute atomic E-state index is 0.0394. The molecule has 10 heteroatoms. The molecule has 7 nitrogen and oxygen atoms in total. The van der Waals surface area contributed by atoms with Gasteiger partial charge in [0.25, 0.3) is 5.91 Å². The van der Waals surface area contributed by atoms with E-state index >= 15 is 0 Å². The second kappa shape index (κ2) is 7.30. The number of carboxylic acids is 1. The maximum absolute atomic E-state index is 12.7. The molecule has 0 radical (unpaired) electrons. The van der Waals surface area contributed by atoms with E-state index in [1.807, 2.05) is 5.32 Å². The average molecular weight is 407 g/mol. The lowest BCUT2D eigenvalue weighted by Gasteiger charge is -2.10. The van der Waals surface area contributed by atoms with Crippen LogP contribution in [0, 0.1) is 0 Å². The minimum Gasteiger partial charge on any atom is -0.506 e. The molecule has 1 heterocycles. The molecule has 0 saturated carbocycles. The number of benzene rings is 2. The van der Waals surface area contributed by atoms with Crippen LogP contribution in [0.3, 0.4) is 0 Å². The standard InChI is InChI=1S/C19H12F3NO6/c20-19(21,22)11-4-1-9(2-5-11)10-3-6-13-12(7-10)16(26)15(18(28)29-13)17(27)23-8-14(24)25/h1-7,26H,8H2,(H,23,27)(H,24,25). The van der Waals surface area contributed by atoms with E-state index in [0.717, 1.165) is 12.1 Å². The highest BCUT2D eigenvalue weighted by Crippen LogP contribution is 2.33. The molecule has 3 rings (SSSR count). The van der Waals surface area contributed by atoms with Gasteiger partial charge in [-0.2, -0.15) is 13.2 Å². The second-order valence-corrected chi connectivity index (χ2v) is 5.98. The largest absolute Gasteiger partial charge is 0.506 e. The SMILES string of the molecule is O=C(O)CNC(=O)c1c(O)c2cc(-c3ccc(C(F)(F)F)cc3)ccc2oc1=O. The lowest BCUT2D eigenvalue weighted by molar-refractivity contribution is -0.137. The number of aromatic hydroxyl groups is 1. The molecule has 0 bridgehead atoms. The summed E-state index contributed by atoms with van der Waals surface area (Å²) in [7, 11) is 0. The van der Waals surface area contributed by atoms with Gasteiger partial charge in [0.1, 0.15) is 17.9 Å². The molecule has 0 atom stereocenters. The van der Waals surface area contributed by atoms with Gasteiger partial charge in [-0.3, -0.25) is 9.59 Å². The molecule has 3 aromatic rings. The van der Waals surface area contributed by atoms with Crippen LogP contribution in [0.15, 0.2) is 51.7 Å². The fourth-order valence-electron chi connectivity index (χ4n) is 2.66. The number of aliphatic carboxylic acids is 1. The van der Waals surface area contributed by atoms with Crippen LogP contribution in [0.1, 0.15) is 15.9 Å². The number of rotatable bonds is 4. The fraction of sp³-hybridized carbons (Fsp3) is 0.105. The summed E-state index contributed by atoms with van der Waals surface area (Å²) in [6.07, 6.45) is -4.48. The highest BCUT2D eigenvalue weighted by Gasteiger charge is 2.30. The van der Waals surface area contributed by atoms with E-state index in [9.17, 15) is 32.7 Å². The monoisotopic (exact) mass is 407 g/mol. The van der Waals surface area contributed by atoms with E-state index in [2.05, 4.69) is 0 Å². The van der Waals surface area contributed by atoms with E-state index in [0.29, 0.717) is 11.1 Å². The summed E-state index contributed by atoms with van der Waals surface area (Å²) < 4.78 is 43.1. The lowest BCUT2D eigenvalue weighted by Crippen LogP contribution is -2.32. The normalized spacial score (nSPS) is 11.4. The van der Waals surface area contributed by atoms with Gasteiger partial charge in [0.2, 0.25) is 0 Å². The van der Waals surface area contributed by atoms with Gasteiger partial charge in [-0.25, -0.2) is 4.79 Å². The lowest BCUT2D eigenvalue weighted by atomic mass is 10.0. The summed E-state index contributed by atoms with van der Waals surface area (Å²) in [6.45, 7) is -0.776. The maximum atomic E-state index is 12.7. The second-order valence-electron chi connectivity index (χ2n) is 5.98. The van der Waals surface area contributed by atoms with E-state index in [1.54, 1.807) is 0 Å². The molecular weight excluding hydrogens is 395 g/mol. The van der Waals surface area contributed by atoms with Crippen LogP contribution in [0.2, 0.25) is 0 Å². The van der Waals surface area contributed by atoms with Crippen LogP contribution in [-0.4, -0.2) is 28.6 Å². The van der Waals surface area contributed by atoms with Crippen molar-refractivity contribution in [2.45, 2.75) is 6.18 Å². The van der Waals surface area contributed by atoms with Crippen LogP contribution in [0.4, 0.5) is 13.2 Å². The van der Waals surface area contributed by atoms with Crippen molar-refractivity contribution in [3.8, 4) is 16.9 Å². The van der Waals surface area contributed by atoms with E-state index in [4.69, 9.17) is 9.52 Å². The van der Waals surface area contributed by atoms with Crippen molar-refractivity contribution in [1.82, 2.24) is 5.32 Å². The molecule has 0 aliphatic carbocycles. The zero-order valence-electron chi connectivity index (χ0n) is 14.4. The van der Waals surface area contributed by atoms with Gasteiger partial charge >= 0.3 is 17.8 Å². The van der Waals surface area contributed by atoms with Crippen molar-refractivity contribution < 1.29 is 37.4 Å². The zero-order valence-corrected chi connectivity index (χ0v) is 14.4. The number of halogens is 3. The number of hydrogen-bond acceptors (Lipinski definition) is 5. The molecule has 150 valence electrons. The number of hydrogen-bond donors (Lipinski definition) is 3. The first-order chi connectivity index (χ1) is 13.6. The van der Waals surface area contributed by atoms with Gasteiger partial charge in [-0.05, 0) is 35.4 Å². The molecule has 0 aliphatic rings. The third-order valence-electron chi connectivity index (χ3n) is 4.05. The Balaban J connectivity index is 2.06. The van der Waals surface area contributed by atoms with Gasteiger partial charge < -0.3 is 19.9 Å². The molecule has 1 aromatic heterocycles. The number of fused-ring (bicyclic) bond motifs is 1. The summed E-state index contributed by atoms with van der Waals surface area (Å²) in [5, 5.41) is 20.9. The Hall–Kier alpha value is -3.82. The van der Waals surface area contributed by atoms with Crippen molar-refractivity contribution in [2.75, 3.05) is 6.54 Å². The van der Waals surface area contributed by atoms with Crippen LogP contribution in [0.5, 0.6) is 5.75 Å². The summed E-state index contributed by atoms with van der Waals surface area (Å²) >= 11 is 0. The first-order valence-corrected chi connectivity index (χ1v) is 8.05. The topological polar surface area (TPSA) is 117 Å².